The van der Waals surface area contributed by atoms with Crippen LogP contribution in [0.5, 0.6) is 0 Å². The summed E-state index contributed by atoms with van der Waals surface area (Å²) in [7, 11) is 0. The molecule has 2 aromatic carbocycles. The summed E-state index contributed by atoms with van der Waals surface area (Å²) >= 11 is 6.03. The Hall–Kier alpha value is -2.87. The number of fused-ring (bicyclic) bond motifs is 1. The maximum atomic E-state index is 13.0. The van der Waals surface area contributed by atoms with Gasteiger partial charge >= 0.3 is 12.1 Å². The molecule has 1 amide bonds. The summed E-state index contributed by atoms with van der Waals surface area (Å²) in [5.41, 5.74) is 0.138. The smallest absolute Gasteiger partial charge is 0.317 e. The number of carbonyl (C=O) groups is 2. The van der Waals surface area contributed by atoms with Crippen molar-refractivity contribution in [2.45, 2.75) is 38.9 Å². The number of alkyl halides is 3. The fourth-order valence-electron chi connectivity index (χ4n) is 3.02. The summed E-state index contributed by atoms with van der Waals surface area (Å²) in [5, 5.41) is 4.07. The third-order valence-corrected chi connectivity index (χ3v) is 4.76. The van der Waals surface area contributed by atoms with Gasteiger partial charge < -0.3 is 9.74 Å². The van der Waals surface area contributed by atoms with E-state index in [4.69, 9.17) is 16.4 Å². The Morgan fingerprint density at radius 2 is 1.97 bits per heavy atom. The molecular weight excluding hydrogens is 421 g/mol. The van der Waals surface area contributed by atoms with Gasteiger partial charge in [0.2, 0.25) is 0 Å². The van der Waals surface area contributed by atoms with Crippen LogP contribution in [0, 0.1) is 0 Å². The molecule has 0 fully saturated rings. The van der Waals surface area contributed by atoms with Crippen LogP contribution in [-0.4, -0.2) is 17.6 Å². The minimum absolute atomic E-state index is 0.111. The van der Waals surface area contributed by atoms with Gasteiger partial charge in [-0.1, -0.05) is 42.2 Å². The van der Waals surface area contributed by atoms with Crippen LogP contribution in [-0.2, 0) is 27.1 Å². The molecule has 158 valence electrons. The van der Waals surface area contributed by atoms with E-state index in [0.29, 0.717) is 28.3 Å². The molecule has 0 saturated heterocycles. The summed E-state index contributed by atoms with van der Waals surface area (Å²) in [6.45, 7) is 1.81. The maximum Gasteiger partial charge on any atom is 0.416 e. The molecule has 5 nitrogen and oxygen atoms in total. The molecular formula is C21H18ClF3N2O3. The number of oxime groups is 1. The summed E-state index contributed by atoms with van der Waals surface area (Å²) in [6, 6.07) is 9.37. The van der Waals surface area contributed by atoms with Crippen LogP contribution in [0.4, 0.5) is 18.9 Å². The van der Waals surface area contributed by atoms with Crippen LogP contribution in [0.2, 0.25) is 5.02 Å². The van der Waals surface area contributed by atoms with Crippen LogP contribution in [0.3, 0.4) is 0 Å². The van der Waals surface area contributed by atoms with Gasteiger partial charge in [-0.3, -0.25) is 4.79 Å². The Morgan fingerprint density at radius 1 is 1.20 bits per heavy atom. The summed E-state index contributed by atoms with van der Waals surface area (Å²) in [5.74, 6) is -1.16. The Morgan fingerprint density at radius 3 is 2.67 bits per heavy atom. The van der Waals surface area contributed by atoms with Crippen LogP contribution < -0.4 is 4.90 Å². The number of unbranched alkanes of at least 4 members (excludes halogenated alkanes) is 1. The number of halogens is 4. The average molecular weight is 439 g/mol. The molecule has 1 aliphatic rings. The van der Waals surface area contributed by atoms with Crippen molar-refractivity contribution in [3.63, 3.8) is 0 Å². The van der Waals surface area contributed by atoms with Gasteiger partial charge in [-0.25, -0.2) is 4.79 Å². The zero-order valence-corrected chi connectivity index (χ0v) is 16.8. The Bertz CT molecular complexity index is 1010. The first-order valence-electron chi connectivity index (χ1n) is 9.26. The van der Waals surface area contributed by atoms with E-state index in [2.05, 4.69) is 5.16 Å². The Labute approximate surface area is 176 Å². The van der Waals surface area contributed by atoms with Crippen molar-refractivity contribution in [1.29, 1.82) is 0 Å². The van der Waals surface area contributed by atoms with Crippen LogP contribution in [0.25, 0.3) is 0 Å². The first kappa shape index (κ1) is 21.8. The molecule has 9 heteroatoms. The summed E-state index contributed by atoms with van der Waals surface area (Å²) < 4.78 is 39.0. The molecule has 0 saturated carbocycles. The third-order valence-electron chi connectivity index (χ3n) is 4.52. The van der Waals surface area contributed by atoms with E-state index < -0.39 is 23.6 Å². The molecule has 1 heterocycles. The van der Waals surface area contributed by atoms with Crippen molar-refractivity contribution in [2.24, 2.45) is 5.16 Å². The summed E-state index contributed by atoms with van der Waals surface area (Å²) in [4.78, 5) is 30.8. The zero-order chi connectivity index (χ0) is 21.9. The first-order chi connectivity index (χ1) is 14.2. The highest BCUT2D eigenvalue weighted by molar-refractivity contribution is 6.54. The molecule has 0 unspecified atom stereocenters. The van der Waals surface area contributed by atoms with Gasteiger partial charge in [-0.15, -0.1) is 0 Å². The number of hydrogen-bond donors (Lipinski definition) is 0. The molecule has 0 aliphatic carbocycles. The third kappa shape index (κ3) is 4.81. The Balaban J connectivity index is 1.90. The number of rotatable bonds is 6. The second kappa shape index (κ2) is 8.87. The molecule has 3 rings (SSSR count). The molecule has 0 spiro atoms. The fourth-order valence-corrected chi connectivity index (χ4v) is 3.19. The highest BCUT2D eigenvalue weighted by atomic mass is 35.5. The van der Waals surface area contributed by atoms with Crippen molar-refractivity contribution < 1.29 is 27.6 Å². The van der Waals surface area contributed by atoms with Crippen molar-refractivity contribution in [2.75, 3.05) is 4.90 Å². The van der Waals surface area contributed by atoms with Gasteiger partial charge in [-0.2, -0.15) is 13.2 Å². The highest BCUT2D eigenvalue weighted by Crippen LogP contribution is 2.34. The standard InChI is InChI=1S/C21H18ClF3N2O3/c1-2-3-7-18(28)30-26-19-16-11-15(22)8-9-17(16)27(20(19)29)12-13-5-4-6-14(10-13)21(23,24)25/h4-6,8-11H,2-3,7,12H2,1H3/b26-19+. The number of benzene rings is 2. The lowest BCUT2D eigenvalue weighted by Crippen LogP contribution is -2.30. The lowest BCUT2D eigenvalue weighted by molar-refractivity contribution is -0.143. The fraction of sp³-hybridized carbons (Fsp3) is 0.286. The second-order valence-corrected chi connectivity index (χ2v) is 7.19. The monoisotopic (exact) mass is 438 g/mol. The van der Waals surface area contributed by atoms with Gasteiger partial charge in [0, 0.05) is 17.0 Å². The highest BCUT2D eigenvalue weighted by Gasteiger charge is 2.36. The molecule has 0 atom stereocenters. The molecule has 0 bridgehead atoms. The van der Waals surface area contributed by atoms with E-state index in [1.54, 1.807) is 12.1 Å². The van der Waals surface area contributed by atoms with Crippen molar-refractivity contribution in [1.82, 2.24) is 0 Å². The number of carbonyl (C=O) groups excluding carboxylic acids is 2. The van der Waals surface area contributed by atoms with Gasteiger partial charge in [0.25, 0.3) is 5.91 Å². The van der Waals surface area contributed by atoms with Crippen molar-refractivity contribution in [3.8, 4) is 0 Å². The van der Waals surface area contributed by atoms with Gasteiger partial charge in [0.05, 0.1) is 17.8 Å². The van der Waals surface area contributed by atoms with Gasteiger partial charge in [0.1, 0.15) is 0 Å². The molecule has 0 radical (unpaired) electrons. The molecule has 0 aromatic heterocycles. The number of amides is 1. The van der Waals surface area contributed by atoms with E-state index in [1.807, 2.05) is 6.92 Å². The van der Waals surface area contributed by atoms with Crippen molar-refractivity contribution >= 4 is 34.9 Å². The molecule has 30 heavy (non-hydrogen) atoms. The largest absolute Gasteiger partial charge is 0.416 e. The predicted molar refractivity (Wildman–Crippen MR) is 106 cm³/mol. The lowest BCUT2D eigenvalue weighted by Gasteiger charge is -2.18. The van der Waals surface area contributed by atoms with Gasteiger partial charge in [0.15, 0.2) is 5.71 Å². The minimum Gasteiger partial charge on any atom is -0.317 e. The van der Waals surface area contributed by atoms with E-state index in [0.717, 1.165) is 18.6 Å². The Kier molecular flexibility index (Phi) is 6.45. The predicted octanol–water partition coefficient (Wildman–Crippen LogP) is 5.34. The van der Waals surface area contributed by atoms with E-state index in [-0.39, 0.29) is 18.7 Å². The van der Waals surface area contributed by atoms with Crippen LogP contribution in [0.15, 0.2) is 47.6 Å². The maximum absolute atomic E-state index is 13.0. The van der Waals surface area contributed by atoms with E-state index in [9.17, 15) is 22.8 Å². The molecule has 1 aliphatic heterocycles. The quantitative estimate of drug-likeness (QED) is 0.451. The van der Waals surface area contributed by atoms with Crippen LogP contribution in [0.1, 0.15) is 42.9 Å². The van der Waals surface area contributed by atoms with E-state index in [1.165, 1.54) is 23.1 Å². The number of hydrogen-bond acceptors (Lipinski definition) is 4. The normalized spacial score (nSPS) is 14.9. The number of nitrogens with zero attached hydrogens (tertiary/aromatic N) is 2. The summed E-state index contributed by atoms with van der Waals surface area (Å²) in [6.07, 6.45) is -2.90. The topological polar surface area (TPSA) is 59.0 Å². The SMILES string of the molecule is CCCCC(=O)O/N=C1/C(=O)N(Cc2cccc(C(F)(F)F)c2)c2ccc(Cl)cc21. The number of anilines is 1. The lowest BCUT2D eigenvalue weighted by atomic mass is 10.1. The second-order valence-electron chi connectivity index (χ2n) is 6.76. The van der Waals surface area contributed by atoms with Gasteiger partial charge in [-0.05, 0) is 42.3 Å². The van der Waals surface area contributed by atoms with Crippen molar-refractivity contribution in [3.05, 3.63) is 64.2 Å². The molecule has 2 aromatic rings. The average Bonchev–Trinajstić information content (AvgIpc) is 2.95. The van der Waals surface area contributed by atoms with Crippen LogP contribution >= 0.6 is 11.6 Å². The first-order valence-corrected chi connectivity index (χ1v) is 9.64. The molecule has 0 N–H and O–H groups in total. The van der Waals surface area contributed by atoms with E-state index >= 15 is 0 Å². The zero-order valence-electron chi connectivity index (χ0n) is 16.0. The minimum atomic E-state index is -4.49.